The van der Waals surface area contributed by atoms with Crippen LogP contribution in [-0.2, 0) is 5.66 Å². The van der Waals surface area contributed by atoms with Crippen molar-refractivity contribution in [2.45, 2.75) is 45.7 Å². The maximum atomic E-state index is 13.1. The van der Waals surface area contributed by atoms with E-state index < -0.39 is 5.66 Å². The number of ether oxygens (including phenoxy) is 1. The standard InChI is InChI=1S/C22H28N2O2/c1-4-6-11-16-26-20-15-10-8-13-18(20)22(3)23-19-14-9-7-12-17(19)21(25)24(22)5-2/h7-10,12-15,23H,4-6,11,16H2,1-3H3. The van der Waals surface area contributed by atoms with Crippen molar-refractivity contribution in [1.82, 2.24) is 4.90 Å². The molecule has 1 atom stereocenters. The lowest BCUT2D eigenvalue weighted by Gasteiger charge is -2.46. The van der Waals surface area contributed by atoms with Crippen LogP contribution in [0.15, 0.2) is 48.5 Å². The minimum Gasteiger partial charge on any atom is -0.493 e. The summed E-state index contributed by atoms with van der Waals surface area (Å²) in [6, 6.07) is 15.7. The molecule has 4 heteroatoms. The number of carbonyl (C=O) groups is 1. The Morgan fingerprint density at radius 2 is 1.77 bits per heavy atom. The molecule has 1 aliphatic rings. The van der Waals surface area contributed by atoms with Crippen molar-refractivity contribution in [2.75, 3.05) is 18.5 Å². The van der Waals surface area contributed by atoms with Crippen LogP contribution in [0.4, 0.5) is 5.69 Å². The van der Waals surface area contributed by atoms with Crippen LogP contribution >= 0.6 is 0 Å². The van der Waals surface area contributed by atoms with Gasteiger partial charge in [-0.3, -0.25) is 4.79 Å². The number of nitrogens with one attached hydrogen (secondary N) is 1. The third kappa shape index (κ3) is 3.28. The van der Waals surface area contributed by atoms with Gasteiger partial charge in [-0.1, -0.05) is 50.1 Å². The SMILES string of the molecule is CCCCCOc1ccccc1C1(C)Nc2ccccc2C(=O)N1CC. The second-order valence-electron chi connectivity index (χ2n) is 6.84. The summed E-state index contributed by atoms with van der Waals surface area (Å²) >= 11 is 0. The minimum absolute atomic E-state index is 0.0464. The molecule has 4 nitrogen and oxygen atoms in total. The molecule has 1 heterocycles. The van der Waals surface area contributed by atoms with Crippen molar-refractivity contribution in [2.24, 2.45) is 0 Å². The molecule has 0 spiro atoms. The highest BCUT2D eigenvalue weighted by Gasteiger charge is 2.43. The lowest BCUT2D eigenvalue weighted by Crippen LogP contribution is -2.55. The molecule has 1 amide bonds. The summed E-state index contributed by atoms with van der Waals surface area (Å²) in [4.78, 5) is 15.0. The van der Waals surface area contributed by atoms with Crippen LogP contribution in [0.1, 0.15) is 56.0 Å². The number of amides is 1. The number of fused-ring (bicyclic) bond motifs is 1. The zero-order valence-electron chi connectivity index (χ0n) is 15.9. The zero-order chi connectivity index (χ0) is 18.6. The van der Waals surface area contributed by atoms with Crippen molar-refractivity contribution >= 4 is 11.6 Å². The number of rotatable bonds is 7. The van der Waals surface area contributed by atoms with Crippen LogP contribution in [0.2, 0.25) is 0 Å². The molecule has 0 saturated carbocycles. The summed E-state index contributed by atoms with van der Waals surface area (Å²) in [6.45, 7) is 7.55. The number of nitrogens with zero attached hydrogens (tertiary/aromatic N) is 1. The van der Waals surface area contributed by atoms with E-state index in [9.17, 15) is 4.79 Å². The fourth-order valence-electron chi connectivity index (χ4n) is 3.66. The summed E-state index contributed by atoms with van der Waals surface area (Å²) in [7, 11) is 0. The molecule has 2 aromatic carbocycles. The topological polar surface area (TPSA) is 41.6 Å². The number of carbonyl (C=O) groups excluding carboxylic acids is 1. The van der Waals surface area contributed by atoms with Gasteiger partial charge in [0.05, 0.1) is 12.2 Å². The highest BCUT2D eigenvalue weighted by atomic mass is 16.5. The molecule has 2 aromatic rings. The van der Waals surface area contributed by atoms with Gasteiger partial charge >= 0.3 is 0 Å². The first kappa shape index (κ1) is 18.3. The zero-order valence-corrected chi connectivity index (χ0v) is 15.9. The van der Waals surface area contributed by atoms with Crippen molar-refractivity contribution in [3.05, 3.63) is 59.7 Å². The average Bonchev–Trinajstić information content (AvgIpc) is 2.66. The van der Waals surface area contributed by atoms with E-state index in [4.69, 9.17) is 4.74 Å². The van der Waals surface area contributed by atoms with Gasteiger partial charge in [-0.25, -0.2) is 0 Å². The van der Waals surface area contributed by atoms with Crippen LogP contribution in [0, 0.1) is 0 Å². The van der Waals surface area contributed by atoms with Crippen molar-refractivity contribution in [3.63, 3.8) is 0 Å². The molecule has 0 radical (unpaired) electrons. The van der Waals surface area contributed by atoms with Crippen molar-refractivity contribution < 1.29 is 9.53 Å². The van der Waals surface area contributed by atoms with Crippen LogP contribution in [0.3, 0.4) is 0 Å². The van der Waals surface area contributed by atoms with Gasteiger partial charge in [0.25, 0.3) is 5.91 Å². The Bertz CT molecular complexity index is 774. The van der Waals surface area contributed by atoms with Gasteiger partial charge in [0.1, 0.15) is 11.4 Å². The molecular formula is C22H28N2O2. The first-order valence-corrected chi connectivity index (χ1v) is 9.53. The molecule has 1 unspecified atom stereocenters. The molecule has 0 saturated heterocycles. The second kappa shape index (κ2) is 7.81. The van der Waals surface area contributed by atoms with Crippen LogP contribution in [0.5, 0.6) is 5.75 Å². The average molecular weight is 352 g/mol. The molecule has 0 fully saturated rings. The second-order valence-corrected chi connectivity index (χ2v) is 6.84. The molecule has 0 aliphatic carbocycles. The van der Waals surface area contributed by atoms with Gasteiger partial charge < -0.3 is 15.0 Å². The van der Waals surface area contributed by atoms with Crippen LogP contribution in [0.25, 0.3) is 0 Å². The predicted molar refractivity (Wildman–Crippen MR) is 106 cm³/mol. The van der Waals surface area contributed by atoms with Crippen molar-refractivity contribution in [3.8, 4) is 5.75 Å². The van der Waals surface area contributed by atoms with E-state index in [1.165, 1.54) is 6.42 Å². The Kier molecular flexibility index (Phi) is 5.50. The Morgan fingerprint density at radius 3 is 2.54 bits per heavy atom. The summed E-state index contributed by atoms with van der Waals surface area (Å²) in [5.74, 6) is 0.884. The van der Waals surface area contributed by atoms with Gasteiger partial charge in [0.15, 0.2) is 0 Å². The lowest BCUT2D eigenvalue weighted by molar-refractivity contribution is 0.0547. The third-order valence-corrected chi connectivity index (χ3v) is 5.05. The maximum absolute atomic E-state index is 13.1. The number of anilines is 1. The number of unbranched alkanes of at least 4 members (excludes halogenated alkanes) is 2. The number of benzene rings is 2. The van der Waals surface area contributed by atoms with Gasteiger partial charge in [-0.05, 0) is 38.5 Å². The Hall–Kier alpha value is -2.49. The fourth-order valence-corrected chi connectivity index (χ4v) is 3.66. The number of para-hydroxylation sites is 2. The molecule has 1 N–H and O–H groups in total. The third-order valence-electron chi connectivity index (χ3n) is 5.05. The molecule has 0 aromatic heterocycles. The normalized spacial score (nSPS) is 19.0. The van der Waals surface area contributed by atoms with Crippen molar-refractivity contribution in [1.29, 1.82) is 0 Å². The minimum atomic E-state index is -0.651. The van der Waals surface area contributed by atoms with E-state index in [2.05, 4.69) is 19.2 Å². The van der Waals surface area contributed by atoms with Gasteiger partial charge in [0.2, 0.25) is 0 Å². The summed E-state index contributed by atoms with van der Waals surface area (Å²) in [5, 5.41) is 3.59. The summed E-state index contributed by atoms with van der Waals surface area (Å²) in [5.41, 5.74) is 1.92. The Morgan fingerprint density at radius 1 is 1.04 bits per heavy atom. The van der Waals surface area contributed by atoms with Gasteiger partial charge in [-0.2, -0.15) is 0 Å². The molecule has 138 valence electrons. The summed E-state index contributed by atoms with van der Waals surface area (Å²) in [6.07, 6.45) is 3.36. The highest BCUT2D eigenvalue weighted by molar-refractivity contribution is 6.02. The van der Waals surface area contributed by atoms with Crippen LogP contribution < -0.4 is 10.1 Å². The van der Waals surface area contributed by atoms with Gasteiger partial charge in [0, 0.05) is 17.8 Å². The lowest BCUT2D eigenvalue weighted by atomic mass is 9.93. The van der Waals surface area contributed by atoms with E-state index >= 15 is 0 Å². The maximum Gasteiger partial charge on any atom is 0.258 e. The molecule has 26 heavy (non-hydrogen) atoms. The van der Waals surface area contributed by atoms with E-state index in [0.29, 0.717) is 18.7 Å². The monoisotopic (exact) mass is 352 g/mol. The fraction of sp³-hybridized carbons (Fsp3) is 0.409. The van der Waals surface area contributed by atoms with Gasteiger partial charge in [-0.15, -0.1) is 0 Å². The first-order chi connectivity index (χ1) is 12.6. The molecule has 0 bridgehead atoms. The van der Waals surface area contributed by atoms with E-state index in [-0.39, 0.29) is 5.91 Å². The quantitative estimate of drug-likeness (QED) is 0.712. The van der Waals surface area contributed by atoms with E-state index in [1.54, 1.807) is 0 Å². The molecular weight excluding hydrogens is 324 g/mol. The smallest absolute Gasteiger partial charge is 0.258 e. The van der Waals surface area contributed by atoms with Crippen LogP contribution in [-0.4, -0.2) is 24.0 Å². The Labute approximate surface area is 156 Å². The number of hydrogen-bond acceptors (Lipinski definition) is 3. The highest BCUT2D eigenvalue weighted by Crippen LogP contribution is 2.41. The first-order valence-electron chi connectivity index (χ1n) is 9.53. The van der Waals surface area contributed by atoms with E-state index in [0.717, 1.165) is 29.8 Å². The summed E-state index contributed by atoms with van der Waals surface area (Å²) < 4.78 is 6.10. The largest absolute Gasteiger partial charge is 0.493 e. The molecule has 1 aliphatic heterocycles. The number of hydrogen-bond donors (Lipinski definition) is 1. The predicted octanol–water partition coefficient (Wildman–Crippen LogP) is 5.02. The van der Waals surface area contributed by atoms with E-state index in [1.807, 2.05) is 60.4 Å². The molecule has 3 rings (SSSR count). The Balaban J connectivity index is 1.98.